The van der Waals surface area contributed by atoms with Gasteiger partial charge >= 0.3 is 0 Å². The molecule has 0 atom stereocenters. The Hall–Kier alpha value is -13.6. The van der Waals surface area contributed by atoms with Crippen LogP contribution in [0.4, 0.5) is 0 Å². The molecule has 0 spiro atoms. The molecule has 0 saturated heterocycles. The van der Waals surface area contributed by atoms with Crippen LogP contribution in [0.1, 0.15) is 72.3 Å². The fourth-order valence-electron chi connectivity index (χ4n) is 14.8. The van der Waals surface area contributed by atoms with Crippen molar-refractivity contribution in [3.05, 3.63) is 528 Å². The fraction of sp³-hybridized carbons (Fsp3) is 0.104. The van der Waals surface area contributed by atoms with Gasteiger partial charge in [-0.1, -0.05) is 240 Å². The van der Waals surface area contributed by atoms with E-state index in [0.717, 1.165) is 90.1 Å². The summed E-state index contributed by atoms with van der Waals surface area (Å²) < 4.78 is 0. The van der Waals surface area contributed by atoms with Crippen LogP contribution in [0.15, 0.2) is 407 Å². The van der Waals surface area contributed by atoms with E-state index in [2.05, 4.69) is 329 Å². The van der Waals surface area contributed by atoms with Crippen molar-refractivity contribution in [3.63, 3.8) is 0 Å². The maximum absolute atomic E-state index is 4.49. The first-order valence-corrected chi connectivity index (χ1v) is 44.4. The monoisotopic (exact) mass is 2490 g/mol. The van der Waals surface area contributed by atoms with Gasteiger partial charge in [-0.2, -0.15) is 0 Å². The third kappa shape index (κ3) is 34.0. The molecule has 12 heteroatoms. The zero-order chi connectivity index (χ0) is 93.1. The Labute approximate surface area is 865 Å². The summed E-state index contributed by atoms with van der Waals surface area (Å²) in [6.07, 6.45) is 14.6. The van der Waals surface area contributed by atoms with Crippen LogP contribution >= 0.6 is 0 Å². The summed E-state index contributed by atoms with van der Waals surface area (Å²) in [7, 11) is 0. The molecule has 8 aromatic heterocycles. The van der Waals surface area contributed by atoms with Crippen molar-refractivity contribution in [2.24, 2.45) is 0 Å². The second kappa shape index (κ2) is 55.5. The van der Waals surface area contributed by atoms with Crippen molar-refractivity contribution in [2.75, 3.05) is 0 Å². The quantitative estimate of drug-likeness (QED) is 0.111. The molecule has 20 aromatic rings. The summed E-state index contributed by atoms with van der Waals surface area (Å²) in [4.78, 5) is 34.7. The molecular formula is C125H106Ir4N8-8. The molecule has 0 fully saturated rings. The number of aromatic nitrogens is 8. The smallest absolute Gasteiger partial charge is 0.0190 e. The Morgan fingerprint density at radius 3 is 0.788 bits per heavy atom. The molecule has 0 aliphatic heterocycles. The zero-order valence-electron chi connectivity index (χ0n) is 79.1. The molecule has 12 aromatic carbocycles. The molecule has 0 amide bonds. The normalized spacial score (nSPS) is 9.99. The number of pyridine rings is 8. The molecule has 0 bridgehead atoms. The van der Waals surface area contributed by atoms with Gasteiger partial charge in [0.2, 0.25) is 0 Å². The Bertz CT molecular complexity index is 6670. The second-order valence-corrected chi connectivity index (χ2v) is 32.8. The number of aryl methyl sites for hydroxylation is 13. The van der Waals surface area contributed by atoms with Crippen LogP contribution < -0.4 is 0 Å². The van der Waals surface area contributed by atoms with Gasteiger partial charge < -0.3 is 39.9 Å². The first-order chi connectivity index (χ1) is 64.7. The predicted octanol–water partition coefficient (Wildman–Crippen LogP) is 31.1. The van der Waals surface area contributed by atoms with Gasteiger partial charge in [0.05, 0.1) is 0 Å². The van der Waals surface area contributed by atoms with Crippen molar-refractivity contribution in [3.8, 4) is 135 Å². The van der Waals surface area contributed by atoms with E-state index < -0.39 is 0 Å². The van der Waals surface area contributed by atoms with E-state index in [4.69, 9.17) is 0 Å². The number of benzene rings is 12. The summed E-state index contributed by atoms with van der Waals surface area (Å²) in [6.45, 7) is 27.3. The molecule has 4 radical (unpaired) electrons. The van der Waals surface area contributed by atoms with Crippen molar-refractivity contribution >= 4 is 0 Å². The van der Waals surface area contributed by atoms with E-state index >= 15 is 0 Å². The molecule has 0 saturated carbocycles. The van der Waals surface area contributed by atoms with E-state index in [1.54, 1.807) is 18.6 Å². The first-order valence-electron chi connectivity index (χ1n) is 44.4. The van der Waals surface area contributed by atoms with Crippen LogP contribution in [0.2, 0.25) is 0 Å². The van der Waals surface area contributed by atoms with Gasteiger partial charge in [-0.05, 0) is 185 Å². The summed E-state index contributed by atoms with van der Waals surface area (Å²) >= 11 is 0. The van der Waals surface area contributed by atoms with Gasteiger partial charge in [-0.25, -0.2) is 0 Å². The zero-order valence-corrected chi connectivity index (χ0v) is 88.7. The molecule has 137 heavy (non-hydrogen) atoms. The third-order valence-electron chi connectivity index (χ3n) is 21.1. The van der Waals surface area contributed by atoms with Crippen LogP contribution in [-0.2, 0) is 80.4 Å². The summed E-state index contributed by atoms with van der Waals surface area (Å²) in [5.74, 6) is 0. The van der Waals surface area contributed by atoms with Gasteiger partial charge in [0, 0.05) is 130 Å². The average molecular weight is 2490 g/mol. The van der Waals surface area contributed by atoms with Crippen LogP contribution in [0.3, 0.4) is 0 Å². The Balaban J connectivity index is 0.000000176. The van der Waals surface area contributed by atoms with Gasteiger partial charge in [0.1, 0.15) is 0 Å². The first kappa shape index (κ1) is 107. The van der Waals surface area contributed by atoms with Crippen molar-refractivity contribution in [1.29, 1.82) is 0 Å². The Morgan fingerprint density at radius 1 is 0.146 bits per heavy atom. The summed E-state index contributed by atoms with van der Waals surface area (Å²) in [5.41, 5.74) is 42.2. The van der Waals surface area contributed by atoms with E-state index in [9.17, 15) is 0 Å². The standard InChI is InChI=1S/C20H18N.3C19H16N.4C12H10N.4Ir/c1-14-5-4-6-18(10-14)20-13-17(7-8-21-20)19-11-15(2)9-16(3)12-19;2*1-14-10-15(2)12-18(11-14)16-6-5-7-17(13-16)19-8-3-4-9-20-19;1-14-11-15(2)13-18(12-14)16-6-8-17(9-7-16)19-5-3-4-10-20-19;1-10-5-4-6-11(9-10)12-7-2-3-8-13-12;1-10-5-7-11(8-6-10)12-4-2-3-9-13-12;1-10-7-8-13-12(9-10)11-5-3-2-4-6-11;1-10-7-8-12(13-9-10)11-5-3-2-4-6-11;;;;/h4-5,7-13H,1-3H3;2*3-6,8-13H,1-2H3;3-8,10-13H,1-2H3;2-5,7-9H,1H3;2-7,9H,1H3;2*2-5,7-9H,1H3;;;;/q8*-1;;;;. The molecule has 0 aliphatic carbocycles. The van der Waals surface area contributed by atoms with E-state index in [0.29, 0.717) is 0 Å². The van der Waals surface area contributed by atoms with Crippen molar-refractivity contribution < 1.29 is 80.4 Å². The molecule has 0 unspecified atom stereocenters. The third-order valence-corrected chi connectivity index (χ3v) is 21.1. The minimum atomic E-state index is 0. The SMILES string of the molecule is Cc1c[c-]c(-c2ccccn2)cc1.Cc1cc(C)cc(-c2c[c-]c(-c3ccccn3)cc2)c1.Cc1cc(C)cc(-c2cc[c-]c(-c3ccccn3)c2)c1.Cc1cc(C)cc(-c2cc[c-]c(-c3ccccn3)c2)c1.Cc1cc[c-]c(-c2cc(-c3cc(C)cc(C)c3)ccn2)c1.Cc1cc[c-]c(-c2ccccn2)c1.Cc1ccc(-c2[c-]cccc2)nc1.Cc1ccnc(-c2[c-]cccc2)c1.[Ir].[Ir].[Ir].[Ir]. The maximum Gasteiger partial charge on any atom is 0.0190 e. The number of hydrogen-bond acceptors (Lipinski definition) is 8. The molecular weight excluding hydrogens is 2380 g/mol. The Morgan fingerprint density at radius 2 is 0.445 bits per heavy atom. The Kier molecular flexibility index (Phi) is 43.4. The average Bonchev–Trinajstić information content (AvgIpc) is 0.833. The van der Waals surface area contributed by atoms with E-state index in [1.165, 1.54) is 117 Å². The van der Waals surface area contributed by atoms with Crippen LogP contribution in [0.5, 0.6) is 0 Å². The molecule has 8 nitrogen and oxygen atoms in total. The minimum Gasteiger partial charge on any atom is -0.305 e. The van der Waals surface area contributed by atoms with Gasteiger partial charge in [0.25, 0.3) is 0 Å². The molecule has 690 valence electrons. The van der Waals surface area contributed by atoms with Crippen LogP contribution in [-0.4, -0.2) is 39.9 Å². The van der Waals surface area contributed by atoms with Crippen molar-refractivity contribution in [1.82, 2.24) is 39.9 Å². The maximum atomic E-state index is 4.49. The second-order valence-electron chi connectivity index (χ2n) is 32.8. The summed E-state index contributed by atoms with van der Waals surface area (Å²) in [5, 5.41) is 0. The minimum absolute atomic E-state index is 0. The fourth-order valence-corrected chi connectivity index (χ4v) is 14.8. The van der Waals surface area contributed by atoms with Crippen molar-refractivity contribution in [2.45, 2.75) is 90.0 Å². The number of hydrogen-bond donors (Lipinski definition) is 0. The van der Waals surface area contributed by atoms with Crippen LogP contribution in [0, 0.1) is 139 Å². The van der Waals surface area contributed by atoms with E-state index in [1.807, 2.05) is 238 Å². The van der Waals surface area contributed by atoms with Crippen LogP contribution in [0.25, 0.3) is 135 Å². The molecule has 8 heterocycles. The van der Waals surface area contributed by atoms with Gasteiger partial charge in [-0.15, -0.1) is 279 Å². The number of rotatable bonds is 12. The van der Waals surface area contributed by atoms with Gasteiger partial charge in [-0.3, -0.25) is 0 Å². The van der Waals surface area contributed by atoms with E-state index in [-0.39, 0.29) is 80.4 Å². The molecule has 20 rings (SSSR count). The molecule has 0 aliphatic rings. The number of nitrogens with zero attached hydrogens (tertiary/aromatic N) is 8. The molecule has 0 N–H and O–H groups in total. The predicted molar refractivity (Wildman–Crippen MR) is 551 cm³/mol. The largest absolute Gasteiger partial charge is 0.305 e. The topological polar surface area (TPSA) is 103 Å². The van der Waals surface area contributed by atoms with Gasteiger partial charge in [0.15, 0.2) is 0 Å². The summed E-state index contributed by atoms with van der Waals surface area (Å²) in [6, 6.07) is 147.